The van der Waals surface area contributed by atoms with Gasteiger partial charge in [0.05, 0.1) is 12.2 Å². The summed E-state index contributed by atoms with van der Waals surface area (Å²) in [4.78, 5) is 8.83. The van der Waals surface area contributed by atoms with Crippen LogP contribution in [0.25, 0.3) is 5.65 Å². The van der Waals surface area contributed by atoms with Crippen LogP contribution in [0.4, 0.5) is 0 Å². The van der Waals surface area contributed by atoms with Crippen LogP contribution in [0.2, 0.25) is 0 Å². The second kappa shape index (κ2) is 7.37. The Morgan fingerprint density at radius 1 is 1.36 bits per heavy atom. The molecule has 0 aliphatic heterocycles. The monoisotopic (exact) mass is 383 g/mol. The van der Waals surface area contributed by atoms with E-state index in [0.717, 1.165) is 28.3 Å². The number of nitrogens with one attached hydrogen (secondary N) is 2. The second-order valence-corrected chi connectivity index (χ2v) is 8.02. The smallest absolute Gasteiger partial charge is 0.191 e. The topological polar surface area (TPSA) is 53.7 Å². The number of imidazole rings is 1. The van der Waals surface area contributed by atoms with Crippen molar-refractivity contribution in [1.82, 2.24) is 20.0 Å². The Morgan fingerprint density at radius 3 is 2.82 bits per heavy atom. The molecular formula is C15H22BrN5S. The average molecular weight is 384 g/mol. The lowest BCUT2D eigenvalue weighted by atomic mass is 10.2. The van der Waals surface area contributed by atoms with E-state index in [1.165, 1.54) is 0 Å². The van der Waals surface area contributed by atoms with Gasteiger partial charge in [0.15, 0.2) is 5.96 Å². The van der Waals surface area contributed by atoms with Crippen LogP contribution in [0.5, 0.6) is 0 Å². The first-order valence-electron chi connectivity index (χ1n) is 7.06. The molecule has 2 aromatic rings. The summed E-state index contributed by atoms with van der Waals surface area (Å²) in [7, 11) is 1.78. The molecule has 0 bridgehead atoms. The minimum absolute atomic E-state index is 0.174. The van der Waals surface area contributed by atoms with Gasteiger partial charge < -0.3 is 15.0 Å². The summed E-state index contributed by atoms with van der Waals surface area (Å²) in [6.45, 7) is 5.90. The van der Waals surface area contributed by atoms with Crippen LogP contribution in [0.15, 0.2) is 34.0 Å². The number of aromatic nitrogens is 2. The number of thioether (sulfide) groups is 1. The van der Waals surface area contributed by atoms with Crippen LogP contribution in [0, 0.1) is 0 Å². The highest BCUT2D eigenvalue weighted by molar-refractivity contribution is 9.10. The van der Waals surface area contributed by atoms with Crippen molar-refractivity contribution in [3.63, 3.8) is 0 Å². The lowest BCUT2D eigenvalue weighted by molar-refractivity contribution is 0.663. The summed E-state index contributed by atoms with van der Waals surface area (Å²) in [6, 6.07) is 3.98. The van der Waals surface area contributed by atoms with Gasteiger partial charge in [-0.25, -0.2) is 4.98 Å². The number of fused-ring (bicyclic) bond motifs is 1. The fourth-order valence-corrected chi connectivity index (χ4v) is 2.44. The summed E-state index contributed by atoms with van der Waals surface area (Å²) in [5.74, 6) is 0.792. The Hall–Kier alpha value is -1.21. The number of halogens is 1. The van der Waals surface area contributed by atoms with Crippen LogP contribution < -0.4 is 10.6 Å². The van der Waals surface area contributed by atoms with Crippen molar-refractivity contribution in [2.75, 3.05) is 19.8 Å². The van der Waals surface area contributed by atoms with Gasteiger partial charge >= 0.3 is 0 Å². The van der Waals surface area contributed by atoms with Crippen molar-refractivity contribution >= 4 is 39.3 Å². The van der Waals surface area contributed by atoms with Crippen LogP contribution in [0.3, 0.4) is 0 Å². The van der Waals surface area contributed by atoms with Crippen molar-refractivity contribution in [2.24, 2.45) is 4.99 Å². The molecule has 2 aromatic heterocycles. The van der Waals surface area contributed by atoms with E-state index in [9.17, 15) is 0 Å². The van der Waals surface area contributed by atoms with Crippen LogP contribution in [0.1, 0.15) is 19.5 Å². The molecule has 0 aromatic carbocycles. The van der Waals surface area contributed by atoms with Crippen molar-refractivity contribution in [2.45, 2.75) is 25.1 Å². The summed E-state index contributed by atoms with van der Waals surface area (Å²) in [5, 5.41) is 6.65. The standard InChI is InChI=1S/C15H22BrN5S/c1-15(2,22-4)10-19-14(17-3)18-7-12-9-21-8-11(16)5-6-13(21)20-12/h5-6,8-9H,7,10H2,1-4H3,(H2,17,18,19). The first kappa shape index (κ1) is 17.1. The van der Waals surface area contributed by atoms with E-state index in [-0.39, 0.29) is 4.75 Å². The third kappa shape index (κ3) is 4.64. The third-order valence-electron chi connectivity index (χ3n) is 3.36. The quantitative estimate of drug-likeness (QED) is 0.615. The number of hydrogen-bond donors (Lipinski definition) is 2. The molecule has 0 amide bonds. The first-order valence-corrected chi connectivity index (χ1v) is 9.08. The van der Waals surface area contributed by atoms with Gasteiger partial charge in [-0.1, -0.05) is 0 Å². The number of pyridine rings is 1. The maximum Gasteiger partial charge on any atom is 0.191 e. The predicted octanol–water partition coefficient (Wildman–Crippen LogP) is 2.90. The highest BCUT2D eigenvalue weighted by Crippen LogP contribution is 2.19. The molecule has 0 aliphatic rings. The zero-order valence-corrected chi connectivity index (χ0v) is 15.8. The molecule has 0 unspecified atom stereocenters. The summed E-state index contributed by atoms with van der Waals surface area (Å²) in [6.07, 6.45) is 6.14. The van der Waals surface area contributed by atoms with Crippen molar-refractivity contribution in [3.05, 3.63) is 34.7 Å². The number of guanidine groups is 1. The maximum absolute atomic E-state index is 4.58. The lowest BCUT2D eigenvalue weighted by Gasteiger charge is -2.23. The molecule has 0 atom stereocenters. The highest BCUT2D eigenvalue weighted by Gasteiger charge is 2.16. The largest absolute Gasteiger partial charge is 0.355 e. The van der Waals surface area contributed by atoms with Gasteiger partial charge in [0.2, 0.25) is 0 Å². The van der Waals surface area contributed by atoms with Crippen molar-refractivity contribution in [1.29, 1.82) is 0 Å². The van der Waals surface area contributed by atoms with Gasteiger partial charge in [-0.2, -0.15) is 11.8 Å². The minimum atomic E-state index is 0.174. The fraction of sp³-hybridized carbons (Fsp3) is 0.467. The number of rotatable bonds is 5. The SMILES string of the molecule is CN=C(NCc1cn2cc(Br)ccc2n1)NCC(C)(C)SC. The molecule has 7 heteroatoms. The molecule has 0 radical (unpaired) electrons. The minimum Gasteiger partial charge on any atom is -0.355 e. The molecule has 0 aliphatic carbocycles. The van der Waals surface area contributed by atoms with E-state index in [1.54, 1.807) is 7.05 Å². The molecule has 0 fully saturated rings. The van der Waals surface area contributed by atoms with Gasteiger partial charge in [-0.15, -0.1) is 0 Å². The Kier molecular flexibility index (Phi) is 5.74. The van der Waals surface area contributed by atoms with Gasteiger partial charge in [0.25, 0.3) is 0 Å². The molecule has 2 N–H and O–H groups in total. The van der Waals surface area contributed by atoms with Crippen LogP contribution in [-0.2, 0) is 6.54 Å². The Labute approximate surface area is 144 Å². The van der Waals surface area contributed by atoms with Crippen LogP contribution >= 0.6 is 27.7 Å². The van der Waals surface area contributed by atoms with E-state index in [4.69, 9.17) is 0 Å². The maximum atomic E-state index is 4.58. The zero-order chi connectivity index (χ0) is 16.2. The van der Waals surface area contributed by atoms with Gasteiger partial charge in [0.1, 0.15) is 5.65 Å². The normalized spacial score (nSPS) is 12.7. The molecular weight excluding hydrogens is 362 g/mol. The van der Waals surface area contributed by atoms with Crippen molar-refractivity contribution < 1.29 is 0 Å². The predicted molar refractivity (Wildman–Crippen MR) is 98.7 cm³/mol. The average Bonchev–Trinajstić information content (AvgIpc) is 2.89. The molecule has 5 nitrogen and oxygen atoms in total. The summed E-state index contributed by atoms with van der Waals surface area (Å²) >= 11 is 5.30. The van der Waals surface area contributed by atoms with Gasteiger partial charge in [0, 0.05) is 35.2 Å². The Balaban J connectivity index is 1.94. The zero-order valence-electron chi connectivity index (χ0n) is 13.4. The lowest BCUT2D eigenvalue weighted by Crippen LogP contribution is -2.43. The van der Waals surface area contributed by atoms with Crippen LogP contribution in [-0.4, -0.2) is 39.9 Å². The fourth-order valence-electron chi connectivity index (χ4n) is 1.87. The van der Waals surface area contributed by atoms with E-state index >= 15 is 0 Å². The molecule has 2 rings (SSSR count). The van der Waals surface area contributed by atoms with Crippen molar-refractivity contribution in [3.8, 4) is 0 Å². The summed E-state index contributed by atoms with van der Waals surface area (Å²) < 4.78 is 3.22. The molecule has 2 heterocycles. The Bertz CT molecular complexity index is 665. The third-order valence-corrected chi connectivity index (χ3v) is 5.08. The molecule has 0 spiro atoms. The van der Waals surface area contributed by atoms with E-state index < -0.39 is 0 Å². The molecule has 0 saturated heterocycles. The molecule has 120 valence electrons. The van der Waals surface area contributed by atoms with E-state index in [1.807, 2.05) is 40.7 Å². The molecule has 0 saturated carbocycles. The van der Waals surface area contributed by atoms with E-state index in [0.29, 0.717) is 6.54 Å². The Morgan fingerprint density at radius 2 is 2.14 bits per heavy atom. The number of aliphatic imine (C=N–C) groups is 1. The number of nitrogens with zero attached hydrogens (tertiary/aromatic N) is 3. The molecule has 22 heavy (non-hydrogen) atoms. The van der Waals surface area contributed by atoms with E-state index in [2.05, 4.69) is 56.6 Å². The highest BCUT2D eigenvalue weighted by atomic mass is 79.9. The first-order chi connectivity index (χ1) is 10.4. The summed E-state index contributed by atoms with van der Waals surface area (Å²) in [5.41, 5.74) is 1.91. The second-order valence-electron chi connectivity index (χ2n) is 5.59. The van der Waals surface area contributed by atoms with Gasteiger partial charge in [-0.05, 0) is 48.2 Å². The number of hydrogen-bond acceptors (Lipinski definition) is 3. The van der Waals surface area contributed by atoms with Gasteiger partial charge in [-0.3, -0.25) is 4.99 Å².